The van der Waals surface area contributed by atoms with Crippen LogP contribution in [0.1, 0.15) is 31.2 Å². The quantitative estimate of drug-likeness (QED) is 0.804. The number of amides is 1. The van der Waals surface area contributed by atoms with E-state index in [2.05, 4.69) is 10.2 Å². The molecule has 2 fully saturated rings. The molecule has 0 aromatic heterocycles. The average molecular weight is 346 g/mol. The van der Waals surface area contributed by atoms with Gasteiger partial charge in [-0.25, -0.2) is 0 Å². The largest absolute Gasteiger partial charge is 0.491 e. The number of hydrogen-bond acceptors (Lipinski definition) is 4. The summed E-state index contributed by atoms with van der Waals surface area (Å²) in [4.78, 5) is 15.0. The lowest BCUT2D eigenvalue weighted by atomic mass is 9.94. The first-order valence-electron chi connectivity index (χ1n) is 9.52. The SMILES string of the molecule is Cc1ccccc1OCCNC(=O)[C@@H]1CCCN(C2CCOCC2)C1. The summed E-state index contributed by atoms with van der Waals surface area (Å²) in [5.74, 6) is 1.17. The van der Waals surface area contributed by atoms with Gasteiger partial charge in [0.15, 0.2) is 0 Å². The van der Waals surface area contributed by atoms with E-state index in [1.54, 1.807) is 0 Å². The molecular formula is C20H30N2O3. The maximum atomic E-state index is 12.5. The van der Waals surface area contributed by atoms with E-state index < -0.39 is 0 Å². The van der Waals surface area contributed by atoms with Crippen LogP contribution < -0.4 is 10.1 Å². The van der Waals surface area contributed by atoms with E-state index in [-0.39, 0.29) is 11.8 Å². The van der Waals surface area contributed by atoms with Gasteiger partial charge in [0.1, 0.15) is 12.4 Å². The van der Waals surface area contributed by atoms with Gasteiger partial charge in [0.25, 0.3) is 0 Å². The predicted octanol–water partition coefficient (Wildman–Crippen LogP) is 2.38. The molecule has 1 amide bonds. The number of rotatable bonds is 6. The van der Waals surface area contributed by atoms with Crippen molar-refractivity contribution in [3.05, 3.63) is 29.8 Å². The fourth-order valence-electron chi connectivity index (χ4n) is 3.80. The first kappa shape index (κ1) is 18.2. The van der Waals surface area contributed by atoms with Crippen LogP contribution in [0.25, 0.3) is 0 Å². The topological polar surface area (TPSA) is 50.8 Å². The molecule has 2 aliphatic rings. The van der Waals surface area contributed by atoms with Crippen LogP contribution in [0.4, 0.5) is 0 Å². The molecule has 5 heteroatoms. The number of ether oxygens (including phenoxy) is 2. The van der Waals surface area contributed by atoms with E-state index >= 15 is 0 Å². The molecule has 1 atom stereocenters. The number of likely N-dealkylation sites (tertiary alicyclic amines) is 1. The molecule has 0 spiro atoms. The number of nitrogens with one attached hydrogen (secondary N) is 1. The van der Waals surface area contributed by atoms with Gasteiger partial charge >= 0.3 is 0 Å². The standard InChI is InChI=1S/C20H30N2O3/c1-16-5-2-3-7-19(16)25-14-10-21-20(23)17-6-4-11-22(15-17)18-8-12-24-13-9-18/h2-3,5,7,17-18H,4,6,8-15H2,1H3,(H,21,23)/t17-/m1/s1. The van der Waals surface area contributed by atoms with E-state index in [4.69, 9.17) is 9.47 Å². The van der Waals surface area contributed by atoms with Crippen molar-refractivity contribution >= 4 is 5.91 Å². The second-order valence-electron chi connectivity index (χ2n) is 7.08. The van der Waals surface area contributed by atoms with Crippen LogP contribution in [0.2, 0.25) is 0 Å². The van der Waals surface area contributed by atoms with Crippen molar-refractivity contribution in [2.75, 3.05) is 39.5 Å². The summed E-state index contributed by atoms with van der Waals surface area (Å²) < 4.78 is 11.2. The van der Waals surface area contributed by atoms with Gasteiger partial charge < -0.3 is 14.8 Å². The normalized spacial score (nSPS) is 22.5. The van der Waals surface area contributed by atoms with Crippen LogP contribution in [0, 0.1) is 12.8 Å². The fourth-order valence-corrected chi connectivity index (χ4v) is 3.80. The van der Waals surface area contributed by atoms with Crippen LogP contribution in [0.3, 0.4) is 0 Å². The summed E-state index contributed by atoms with van der Waals surface area (Å²) in [7, 11) is 0. The number of para-hydroxylation sites is 1. The minimum atomic E-state index is 0.107. The summed E-state index contributed by atoms with van der Waals surface area (Å²) >= 11 is 0. The lowest BCUT2D eigenvalue weighted by Gasteiger charge is -2.39. The van der Waals surface area contributed by atoms with Crippen LogP contribution in [0.5, 0.6) is 5.75 Å². The van der Waals surface area contributed by atoms with Gasteiger partial charge in [0, 0.05) is 25.8 Å². The Bertz CT molecular complexity index is 558. The zero-order valence-electron chi connectivity index (χ0n) is 15.2. The molecule has 2 saturated heterocycles. The second kappa shape index (κ2) is 9.20. The lowest BCUT2D eigenvalue weighted by molar-refractivity contribution is -0.127. The van der Waals surface area contributed by atoms with Crippen molar-refractivity contribution in [1.29, 1.82) is 0 Å². The number of hydrogen-bond donors (Lipinski definition) is 1. The van der Waals surface area contributed by atoms with E-state index in [0.717, 1.165) is 63.3 Å². The highest BCUT2D eigenvalue weighted by Gasteiger charge is 2.30. The highest BCUT2D eigenvalue weighted by atomic mass is 16.5. The summed E-state index contributed by atoms with van der Waals surface area (Å²) in [6.07, 6.45) is 4.29. The van der Waals surface area contributed by atoms with Gasteiger partial charge in [-0.1, -0.05) is 18.2 Å². The van der Waals surface area contributed by atoms with Gasteiger partial charge in [0.2, 0.25) is 5.91 Å². The highest BCUT2D eigenvalue weighted by molar-refractivity contribution is 5.78. The van der Waals surface area contributed by atoms with Crippen molar-refractivity contribution < 1.29 is 14.3 Å². The number of aryl methyl sites for hydroxylation is 1. The van der Waals surface area contributed by atoms with Crippen molar-refractivity contribution in [3.8, 4) is 5.75 Å². The molecule has 2 aliphatic heterocycles. The summed E-state index contributed by atoms with van der Waals surface area (Å²) in [6.45, 7) is 6.80. The highest BCUT2D eigenvalue weighted by Crippen LogP contribution is 2.23. The molecule has 0 saturated carbocycles. The predicted molar refractivity (Wildman–Crippen MR) is 97.8 cm³/mol. The Morgan fingerprint density at radius 3 is 2.88 bits per heavy atom. The van der Waals surface area contributed by atoms with E-state index in [1.807, 2.05) is 31.2 Å². The Morgan fingerprint density at radius 2 is 2.08 bits per heavy atom. The van der Waals surface area contributed by atoms with E-state index in [0.29, 0.717) is 19.2 Å². The molecule has 0 radical (unpaired) electrons. The van der Waals surface area contributed by atoms with Crippen LogP contribution >= 0.6 is 0 Å². The summed E-state index contributed by atoms with van der Waals surface area (Å²) in [6, 6.07) is 8.55. The molecule has 5 nitrogen and oxygen atoms in total. The third kappa shape index (κ3) is 5.19. The smallest absolute Gasteiger partial charge is 0.224 e. The lowest BCUT2D eigenvalue weighted by Crippen LogP contribution is -2.49. The van der Waals surface area contributed by atoms with Gasteiger partial charge in [-0.15, -0.1) is 0 Å². The van der Waals surface area contributed by atoms with Gasteiger partial charge in [-0.05, 0) is 50.8 Å². The molecular weight excluding hydrogens is 316 g/mol. The molecule has 3 rings (SSSR count). The van der Waals surface area contributed by atoms with Crippen molar-refractivity contribution in [2.24, 2.45) is 5.92 Å². The van der Waals surface area contributed by atoms with Crippen LogP contribution in [-0.2, 0) is 9.53 Å². The molecule has 0 bridgehead atoms. The number of piperidine rings is 1. The molecule has 1 aromatic carbocycles. The van der Waals surface area contributed by atoms with Crippen LogP contribution in [-0.4, -0.2) is 56.3 Å². The Balaban J connectivity index is 1.39. The molecule has 1 N–H and O–H groups in total. The molecule has 138 valence electrons. The van der Waals surface area contributed by atoms with Gasteiger partial charge in [0.05, 0.1) is 12.5 Å². The monoisotopic (exact) mass is 346 g/mol. The zero-order valence-corrected chi connectivity index (χ0v) is 15.2. The maximum Gasteiger partial charge on any atom is 0.224 e. The van der Waals surface area contributed by atoms with Gasteiger partial charge in [-0.3, -0.25) is 9.69 Å². The molecule has 1 aromatic rings. The van der Waals surface area contributed by atoms with E-state index in [1.165, 1.54) is 0 Å². The maximum absolute atomic E-state index is 12.5. The molecule has 2 heterocycles. The minimum Gasteiger partial charge on any atom is -0.491 e. The number of carbonyl (C=O) groups excluding carboxylic acids is 1. The second-order valence-corrected chi connectivity index (χ2v) is 7.08. The van der Waals surface area contributed by atoms with Gasteiger partial charge in [-0.2, -0.15) is 0 Å². The van der Waals surface area contributed by atoms with Crippen molar-refractivity contribution in [1.82, 2.24) is 10.2 Å². The first-order valence-corrected chi connectivity index (χ1v) is 9.52. The molecule has 25 heavy (non-hydrogen) atoms. The molecule has 0 aliphatic carbocycles. The van der Waals surface area contributed by atoms with Crippen molar-refractivity contribution in [2.45, 2.75) is 38.6 Å². The Kier molecular flexibility index (Phi) is 6.70. The fraction of sp³-hybridized carbons (Fsp3) is 0.650. The molecule has 0 unspecified atom stereocenters. The average Bonchev–Trinajstić information content (AvgIpc) is 2.67. The number of carbonyl (C=O) groups is 1. The minimum absolute atomic E-state index is 0.107. The summed E-state index contributed by atoms with van der Waals surface area (Å²) in [5.41, 5.74) is 1.12. The zero-order chi connectivity index (χ0) is 17.5. The van der Waals surface area contributed by atoms with Crippen molar-refractivity contribution in [3.63, 3.8) is 0 Å². The Morgan fingerprint density at radius 1 is 1.28 bits per heavy atom. The third-order valence-corrected chi connectivity index (χ3v) is 5.28. The first-order chi connectivity index (χ1) is 12.2. The summed E-state index contributed by atoms with van der Waals surface area (Å²) in [5, 5.41) is 3.05. The third-order valence-electron chi connectivity index (χ3n) is 5.28. The Hall–Kier alpha value is -1.59. The Labute approximate surface area is 150 Å². The number of benzene rings is 1. The van der Waals surface area contributed by atoms with Crippen LogP contribution in [0.15, 0.2) is 24.3 Å². The van der Waals surface area contributed by atoms with E-state index in [9.17, 15) is 4.79 Å². The number of nitrogens with zero attached hydrogens (tertiary/aromatic N) is 1.